The van der Waals surface area contributed by atoms with Crippen LogP contribution in [0.15, 0.2) is 24.3 Å². The van der Waals surface area contributed by atoms with Crippen LogP contribution in [0.2, 0.25) is 0 Å². The molecule has 3 nitrogen and oxygen atoms in total. The summed E-state index contributed by atoms with van der Waals surface area (Å²) in [4.78, 5) is 14.5. The second-order valence-electron chi connectivity index (χ2n) is 5.58. The lowest BCUT2D eigenvalue weighted by Crippen LogP contribution is -2.38. The van der Waals surface area contributed by atoms with Crippen LogP contribution in [0.4, 0.5) is 0 Å². The smallest absolute Gasteiger partial charge is 0.227 e. The fourth-order valence-corrected chi connectivity index (χ4v) is 2.75. The zero-order chi connectivity index (χ0) is 13.8. The number of nitrogens with zero attached hydrogens (tertiary/aromatic N) is 1. The highest BCUT2D eigenvalue weighted by molar-refractivity contribution is 5.79. The van der Waals surface area contributed by atoms with E-state index >= 15 is 0 Å². The fraction of sp³-hybridized carbons (Fsp3) is 0.562. The molecule has 1 heterocycles. The van der Waals surface area contributed by atoms with Crippen LogP contribution in [0.5, 0.6) is 0 Å². The summed E-state index contributed by atoms with van der Waals surface area (Å²) in [6, 6.07) is 8.40. The van der Waals surface area contributed by atoms with E-state index in [9.17, 15) is 4.79 Å². The highest BCUT2D eigenvalue weighted by atomic mass is 16.2. The van der Waals surface area contributed by atoms with E-state index in [-0.39, 0.29) is 5.92 Å². The average molecular weight is 260 g/mol. The molecule has 0 spiro atoms. The molecule has 1 saturated heterocycles. The molecule has 0 aromatic heterocycles. The van der Waals surface area contributed by atoms with Crippen molar-refractivity contribution in [2.45, 2.75) is 27.3 Å². The lowest BCUT2D eigenvalue weighted by molar-refractivity contribution is -0.136. The molecule has 1 aromatic rings. The Balaban J connectivity index is 2.05. The number of rotatable bonds is 4. The van der Waals surface area contributed by atoms with Gasteiger partial charge in [0.2, 0.25) is 5.91 Å². The van der Waals surface area contributed by atoms with Crippen molar-refractivity contribution in [1.82, 2.24) is 10.2 Å². The first-order valence-electron chi connectivity index (χ1n) is 7.17. The maximum atomic E-state index is 12.6. The number of nitrogens with one attached hydrogen (secondary N) is 1. The van der Waals surface area contributed by atoms with Crippen LogP contribution < -0.4 is 5.32 Å². The predicted octanol–water partition coefficient (Wildman–Crippen LogP) is 2.20. The van der Waals surface area contributed by atoms with Gasteiger partial charge in [-0.2, -0.15) is 0 Å². The lowest BCUT2D eigenvalue weighted by atomic mass is 9.96. The van der Waals surface area contributed by atoms with Crippen LogP contribution in [0.3, 0.4) is 0 Å². The monoisotopic (exact) mass is 260 g/mol. The Kier molecular flexibility index (Phi) is 4.59. The van der Waals surface area contributed by atoms with Crippen LogP contribution in [0.1, 0.15) is 25.0 Å². The normalized spacial score (nSPS) is 22.5. The highest BCUT2D eigenvalue weighted by Crippen LogP contribution is 2.20. The molecule has 19 heavy (non-hydrogen) atoms. The quantitative estimate of drug-likeness (QED) is 0.900. The molecule has 0 bridgehead atoms. The molecule has 3 heteroatoms. The summed E-state index contributed by atoms with van der Waals surface area (Å²) in [6.45, 7) is 9.58. The largest absolute Gasteiger partial charge is 0.338 e. The molecule has 1 aliphatic heterocycles. The average Bonchev–Trinajstić information content (AvgIpc) is 2.81. The molecule has 0 unspecified atom stereocenters. The Morgan fingerprint density at radius 2 is 2.21 bits per heavy atom. The highest BCUT2D eigenvalue weighted by Gasteiger charge is 2.32. The molecule has 1 fully saturated rings. The molecule has 1 N–H and O–H groups in total. The number of benzene rings is 1. The van der Waals surface area contributed by atoms with Crippen LogP contribution in [-0.2, 0) is 11.3 Å². The fourth-order valence-electron chi connectivity index (χ4n) is 2.75. The van der Waals surface area contributed by atoms with Crippen LogP contribution in [0.25, 0.3) is 0 Å². The zero-order valence-electron chi connectivity index (χ0n) is 12.1. The van der Waals surface area contributed by atoms with Gasteiger partial charge in [-0.1, -0.05) is 36.8 Å². The van der Waals surface area contributed by atoms with Gasteiger partial charge < -0.3 is 10.2 Å². The number of aryl methyl sites for hydroxylation is 1. The molecule has 2 rings (SSSR count). The third-order valence-electron chi connectivity index (χ3n) is 3.98. The SMILES string of the molecule is CCN(Cc1cccc(C)c1)C(=O)[C@@H]1CNC[C@H]1C. The Hall–Kier alpha value is -1.35. The minimum absolute atomic E-state index is 0.143. The summed E-state index contributed by atoms with van der Waals surface area (Å²) in [7, 11) is 0. The van der Waals surface area contributed by atoms with E-state index in [1.165, 1.54) is 11.1 Å². The first-order chi connectivity index (χ1) is 9.11. The third kappa shape index (κ3) is 3.35. The van der Waals surface area contributed by atoms with E-state index in [1.54, 1.807) is 0 Å². The number of hydrogen-bond acceptors (Lipinski definition) is 2. The summed E-state index contributed by atoms with van der Waals surface area (Å²) in [5.41, 5.74) is 2.46. The van der Waals surface area contributed by atoms with Crippen molar-refractivity contribution < 1.29 is 4.79 Å². The molecule has 1 aliphatic rings. The lowest BCUT2D eigenvalue weighted by Gasteiger charge is -2.26. The van der Waals surface area contributed by atoms with Crippen molar-refractivity contribution in [3.8, 4) is 0 Å². The van der Waals surface area contributed by atoms with Crippen molar-refractivity contribution in [2.24, 2.45) is 11.8 Å². The van der Waals surface area contributed by atoms with Gasteiger partial charge in [-0.15, -0.1) is 0 Å². The summed E-state index contributed by atoms with van der Waals surface area (Å²) in [5, 5.41) is 3.31. The van der Waals surface area contributed by atoms with Crippen LogP contribution in [-0.4, -0.2) is 30.4 Å². The number of carbonyl (C=O) groups excluding carboxylic acids is 1. The molecule has 1 aromatic carbocycles. The number of carbonyl (C=O) groups is 1. The van der Waals surface area contributed by atoms with Gasteiger partial charge in [0.1, 0.15) is 0 Å². The molecule has 0 radical (unpaired) electrons. The van der Waals surface area contributed by atoms with E-state index in [2.05, 4.69) is 50.4 Å². The molecule has 0 aliphatic carbocycles. The summed E-state index contributed by atoms with van der Waals surface area (Å²) in [6.07, 6.45) is 0. The summed E-state index contributed by atoms with van der Waals surface area (Å²) >= 11 is 0. The maximum absolute atomic E-state index is 12.6. The van der Waals surface area contributed by atoms with Gasteiger partial charge in [0.25, 0.3) is 0 Å². The topological polar surface area (TPSA) is 32.3 Å². The molecule has 0 saturated carbocycles. The Labute approximate surface area is 116 Å². The molecule has 1 amide bonds. The Bertz CT molecular complexity index is 444. The first kappa shape index (κ1) is 14.1. The van der Waals surface area contributed by atoms with Gasteiger partial charge in [-0.25, -0.2) is 0 Å². The van der Waals surface area contributed by atoms with Crippen molar-refractivity contribution in [3.63, 3.8) is 0 Å². The standard InChI is InChI=1S/C16H24N2O/c1-4-18(11-14-7-5-6-12(2)8-14)16(19)15-10-17-9-13(15)3/h5-8,13,15,17H,4,9-11H2,1-3H3/t13-,15-/m1/s1. The molecular formula is C16H24N2O. The van der Waals surface area contributed by atoms with Crippen molar-refractivity contribution in [2.75, 3.05) is 19.6 Å². The minimum Gasteiger partial charge on any atom is -0.338 e. The van der Waals surface area contributed by atoms with E-state index < -0.39 is 0 Å². The number of amides is 1. The molecule has 104 valence electrons. The minimum atomic E-state index is 0.143. The van der Waals surface area contributed by atoms with Crippen molar-refractivity contribution in [3.05, 3.63) is 35.4 Å². The van der Waals surface area contributed by atoms with Crippen LogP contribution in [0, 0.1) is 18.8 Å². The van der Waals surface area contributed by atoms with E-state index in [0.29, 0.717) is 11.8 Å². The van der Waals surface area contributed by atoms with Gasteiger partial charge in [-0.05, 0) is 31.9 Å². The number of hydrogen-bond donors (Lipinski definition) is 1. The van der Waals surface area contributed by atoms with Gasteiger partial charge >= 0.3 is 0 Å². The third-order valence-corrected chi connectivity index (χ3v) is 3.98. The summed E-state index contributed by atoms with van der Waals surface area (Å²) in [5.74, 6) is 0.880. The Morgan fingerprint density at radius 3 is 2.79 bits per heavy atom. The molecular weight excluding hydrogens is 236 g/mol. The Morgan fingerprint density at radius 1 is 1.42 bits per heavy atom. The van der Waals surface area contributed by atoms with Crippen LogP contribution >= 0.6 is 0 Å². The van der Waals surface area contributed by atoms with E-state index in [1.807, 2.05) is 4.90 Å². The van der Waals surface area contributed by atoms with Gasteiger partial charge in [0, 0.05) is 19.6 Å². The predicted molar refractivity (Wildman–Crippen MR) is 77.8 cm³/mol. The van der Waals surface area contributed by atoms with Crippen molar-refractivity contribution >= 4 is 5.91 Å². The van der Waals surface area contributed by atoms with Crippen molar-refractivity contribution in [1.29, 1.82) is 0 Å². The first-order valence-corrected chi connectivity index (χ1v) is 7.17. The second kappa shape index (κ2) is 6.20. The van der Waals surface area contributed by atoms with Gasteiger partial charge in [-0.3, -0.25) is 4.79 Å². The second-order valence-corrected chi connectivity index (χ2v) is 5.58. The van der Waals surface area contributed by atoms with E-state index in [0.717, 1.165) is 26.2 Å². The van der Waals surface area contributed by atoms with Gasteiger partial charge in [0.05, 0.1) is 5.92 Å². The zero-order valence-corrected chi connectivity index (χ0v) is 12.1. The maximum Gasteiger partial charge on any atom is 0.227 e. The van der Waals surface area contributed by atoms with E-state index in [4.69, 9.17) is 0 Å². The van der Waals surface area contributed by atoms with Gasteiger partial charge in [0.15, 0.2) is 0 Å². The molecule has 2 atom stereocenters. The summed E-state index contributed by atoms with van der Waals surface area (Å²) < 4.78 is 0.